The smallest absolute Gasteiger partial charge is 0.376 e. The van der Waals surface area contributed by atoms with Crippen molar-refractivity contribution in [3.05, 3.63) is 46.2 Å². The molecule has 27 heavy (non-hydrogen) atoms. The third kappa shape index (κ3) is 2.99. The highest BCUT2D eigenvalue weighted by Crippen LogP contribution is 2.26. The second-order valence-corrected chi connectivity index (χ2v) is 7.09. The lowest BCUT2D eigenvalue weighted by Crippen LogP contribution is -2.42. The number of nitrogens with zero attached hydrogens (tertiary/aromatic N) is 6. The van der Waals surface area contributed by atoms with Crippen LogP contribution in [0.15, 0.2) is 28.9 Å². The van der Waals surface area contributed by atoms with Crippen molar-refractivity contribution >= 4 is 33.3 Å². The highest BCUT2D eigenvalue weighted by molar-refractivity contribution is 9.10. The van der Waals surface area contributed by atoms with E-state index in [0.717, 1.165) is 9.99 Å². The van der Waals surface area contributed by atoms with Crippen LogP contribution in [0.1, 0.15) is 46.8 Å². The molecule has 1 unspecified atom stereocenters. The van der Waals surface area contributed by atoms with Crippen molar-refractivity contribution in [1.82, 2.24) is 29.3 Å². The molecule has 0 radical (unpaired) electrons. The fourth-order valence-corrected chi connectivity index (χ4v) is 3.55. The molecule has 1 aliphatic rings. The van der Waals surface area contributed by atoms with E-state index in [0.29, 0.717) is 24.6 Å². The van der Waals surface area contributed by atoms with Crippen molar-refractivity contribution in [3.8, 4) is 0 Å². The average molecular weight is 433 g/mol. The second-order valence-electron chi connectivity index (χ2n) is 6.17. The van der Waals surface area contributed by atoms with Crippen LogP contribution >= 0.6 is 15.9 Å². The maximum absolute atomic E-state index is 13.0. The molecule has 0 saturated carbocycles. The van der Waals surface area contributed by atoms with Crippen LogP contribution in [0.5, 0.6) is 0 Å². The third-order valence-corrected chi connectivity index (χ3v) is 5.02. The lowest BCUT2D eigenvalue weighted by Gasteiger charge is -2.33. The van der Waals surface area contributed by atoms with Gasteiger partial charge in [0.05, 0.1) is 18.2 Å². The summed E-state index contributed by atoms with van der Waals surface area (Å²) in [5, 5.41) is 12.4. The number of fused-ring (bicyclic) bond motifs is 2. The Bertz CT molecular complexity index is 1040. The van der Waals surface area contributed by atoms with Gasteiger partial charge in [0, 0.05) is 23.8 Å². The van der Waals surface area contributed by atoms with Crippen LogP contribution in [0.25, 0.3) is 5.52 Å². The standard InChI is InChI=1S/C17H17BrN6O3/c1-3-27-17(26)15-20-19-14-10(2)22(6-7-23(14)15)16(25)13-8-12-5-4-11(18)9-24(12)21-13/h4-5,8-10H,3,6-7H2,1-2H3. The van der Waals surface area contributed by atoms with Crippen molar-refractivity contribution in [2.45, 2.75) is 26.4 Å². The van der Waals surface area contributed by atoms with Crippen LogP contribution in [0, 0.1) is 0 Å². The fraction of sp³-hybridized carbons (Fsp3) is 0.353. The molecular formula is C17H17BrN6O3. The highest BCUT2D eigenvalue weighted by atomic mass is 79.9. The van der Waals surface area contributed by atoms with Gasteiger partial charge in [0.15, 0.2) is 11.5 Å². The number of carbonyl (C=O) groups is 2. The molecule has 1 amide bonds. The Balaban J connectivity index is 1.62. The normalized spacial score (nSPS) is 16.4. The molecule has 0 N–H and O–H groups in total. The van der Waals surface area contributed by atoms with Crippen LogP contribution in [-0.2, 0) is 11.3 Å². The van der Waals surface area contributed by atoms with Crippen LogP contribution in [0.2, 0.25) is 0 Å². The number of aromatic nitrogens is 5. The van der Waals surface area contributed by atoms with Gasteiger partial charge >= 0.3 is 5.97 Å². The molecule has 0 aliphatic carbocycles. The molecule has 4 rings (SSSR count). The first kappa shape index (κ1) is 17.7. The zero-order valence-corrected chi connectivity index (χ0v) is 16.4. The molecule has 0 fully saturated rings. The first-order chi connectivity index (χ1) is 13.0. The summed E-state index contributed by atoms with van der Waals surface area (Å²) in [6.45, 7) is 4.71. The summed E-state index contributed by atoms with van der Waals surface area (Å²) in [5.41, 5.74) is 1.19. The monoisotopic (exact) mass is 432 g/mol. The van der Waals surface area contributed by atoms with Gasteiger partial charge < -0.3 is 14.2 Å². The van der Waals surface area contributed by atoms with Gasteiger partial charge in [-0.3, -0.25) is 4.79 Å². The number of halogens is 1. The average Bonchev–Trinajstić information content (AvgIpc) is 3.25. The lowest BCUT2D eigenvalue weighted by atomic mass is 10.2. The predicted molar refractivity (Wildman–Crippen MR) is 98.3 cm³/mol. The summed E-state index contributed by atoms with van der Waals surface area (Å²) in [6, 6.07) is 5.20. The number of ether oxygens (including phenoxy) is 1. The van der Waals surface area contributed by atoms with Gasteiger partial charge in [0.2, 0.25) is 5.82 Å². The van der Waals surface area contributed by atoms with E-state index in [4.69, 9.17) is 4.74 Å². The molecule has 10 heteroatoms. The molecule has 140 valence electrons. The Morgan fingerprint density at radius 2 is 2.11 bits per heavy atom. The van der Waals surface area contributed by atoms with Crippen molar-refractivity contribution < 1.29 is 14.3 Å². The van der Waals surface area contributed by atoms with Crippen LogP contribution in [0.4, 0.5) is 0 Å². The topological polar surface area (TPSA) is 94.6 Å². The van der Waals surface area contributed by atoms with E-state index in [1.54, 1.807) is 33.2 Å². The minimum absolute atomic E-state index is 0.170. The number of amides is 1. The summed E-state index contributed by atoms with van der Waals surface area (Å²) in [5.74, 6) is 0.0379. The van der Waals surface area contributed by atoms with Crippen molar-refractivity contribution in [1.29, 1.82) is 0 Å². The summed E-state index contributed by atoms with van der Waals surface area (Å²) < 4.78 is 9.27. The van der Waals surface area contributed by atoms with Crippen LogP contribution < -0.4 is 0 Å². The van der Waals surface area contributed by atoms with Gasteiger partial charge in [-0.1, -0.05) is 0 Å². The van der Waals surface area contributed by atoms with Crippen LogP contribution in [-0.4, -0.2) is 54.3 Å². The molecule has 0 saturated heterocycles. The molecule has 1 atom stereocenters. The number of hydrogen-bond acceptors (Lipinski definition) is 6. The third-order valence-electron chi connectivity index (χ3n) is 4.55. The second kappa shape index (κ2) is 6.76. The number of carbonyl (C=O) groups excluding carboxylic acids is 2. The van der Waals surface area contributed by atoms with Gasteiger partial charge in [0.25, 0.3) is 5.91 Å². The Kier molecular flexibility index (Phi) is 4.42. The Hall–Kier alpha value is -2.75. The lowest BCUT2D eigenvalue weighted by molar-refractivity contribution is 0.0498. The van der Waals surface area contributed by atoms with Crippen LogP contribution in [0.3, 0.4) is 0 Å². The Labute approximate surface area is 163 Å². The SMILES string of the molecule is CCOC(=O)c1nnc2n1CCN(C(=O)c1cc3ccc(Br)cn3n1)C2C. The minimum atomic E-state index is -0.505. The fourth-order valence-electron chi connectivity index (χ4n) is 3.22. The summed E-state index contributed by atoms with van der Waals surface area (Å²) in [4.78, 5) is 26.7. The molecule has 3 aromatic heterocycles. The molecule has 1 aliphatic heterocycles. The molecular weight excluding hydrogens is 416 g/mol. The molecule has 0 bridgehead atoms. The van der Waals surface area contributed by atoms with E-state index in [1.165, 1.54) is 0 Å². The van der Waals surface area contributed by atoms with Gasteiger partial charge in [-0.15, -0.1) is 10.2 Å². The first-order valence-electron chi connectivity index (χ1n) is 8.55. The van der Waals surface area contributed by atoms with Crippen molar-refractivity contribution in [2.75, 3.05) is 13.2 Å². The Morgan fingerprint density at radius 1 is 1.30 bits per heavy atom. The van der Waals surface area contributed by atoms with E-state index in [-0.39, 0.29) is 24.4 Å². The molecule has 9 nitrogen and oxygen atoms in total. The molecule has 0 spiro atoms. The van der Waals surface area contributed by atoms with E-state index in [9.17, 15) is 9.59 Å². The van der Waals surface area contributed by atoms with Gasteiger partial charge in [-0.25, -0.2) is 9.31 Å². The zero-order chi connectivity index (χ0) is 19.1. The highest BCUT2D eigenvalue weighted by Gasteiger charge is 2.34. The van der Waals surface area contributed by atoms with Gasteiger partial charge in [0.1, 0.15) is 0 Å². The van der Waals surface area contributed by atoms with Gasteiger partial charge in [-0.2, -0.15) is 5.10 Å². The van der Waals surface area contributed by atoms with Gasteiger partial charge in [-0.05, 0) is 48.0 Å². The quantitative estimate of drug-likeness (QED) is 0.588. The van der Waals surface area contributed by atoms with E-state index < -0.39 is 5.97 Å². The number of rotatable bonds is 3. The van der Waals surface area contributed by atoms with E-state index >= 15 is 0 Å². The van der Waals surface area contributed by atoms with E-state index in [2.05, 4.69) is 31.2 Å². The summed E-state index contributed by atoms with van der Waals surface area (Å²) in [7, 11) is 0. The maximum atomic E-state index is 13.0. The zero-order valence-electron chi connectivity index (χ0n) is 14.8. The van der Waals surface area contributed by atoms with Crippen molar-refractivity contribution in [3.63, 3.8) is 0 Å². The largest absolute Gasteiger partial charge is 0.460 e. The first-order valence-corrected chi connectivity index (χ1v) is 9.35. The van der Waals surface area contributed by atoms with E-state index in [1.807, 2.05) is 19.1 Å². The summed E-state index contributed by atoms with van der Waals surface area (Å²) in [6.07, 6.45) is 1.80. The number of esters is 1. The predicted octanol–water partition coefficient (Wildman–Crippen LogP) is 2.08. The summed E-state index contributed by atoms with van der Waals surface area (Å²) >= 11 is 3.40. The molecule has 4 heterocycles. The van der Waals surface area contributed by atoms with Crippen molar-refractivity contribution in [2.24, 2.45) is 0 Å². The molecule has 3 aromatic rings. The number of pyridine rings is 1. The number of hydrogen-bond donors (Lipinski definition) is 0. The maximum Gasteiger partial charge on any atom is 0.376 e. The Morgan fingerprint density at radius 3 is 2.89 bits per heavy atom. The molecule has 0 aromatic carbocycles. The minimum Gasteiger partial charge on any atom is -0.460 e.